The van der Waals surface area contributed by atoms with E-state index < -0.39 is 0 Å². The highest BCUT2D eigenvalue weighted by molar-refractivity contribution is 5.61. The van der Waals surface area contributed by atoms with Crippen LogP contribution in [0.1, 0.15) is 44.2 Å². The maximum Gasteiger partial charge on any atom is 0.101 e. The third-order valence-electron chi connectivity index (χ3n) is 4.37. The standard InChI is InChI=1S/C17H23N3/c1-17(2)7-8-20(12-17)16-6-3-13(9-14(16)10-18)11-19-15-4-5-15/h3,6,9,15,19H,4-5,7-8,11-12H2,1-2H3. The minimum Gasteiger partial charge on any atom is -0.370 e. The molecule has 3 heteroatoms. The predicted molar refractivity (Wildman–Crippen MR) is 81.6 cm³/mol. The lowest BCUT2D eigenvalue weighted by atomic mass is 9.93. The van der Waals surface area contributed by atoms with Gasteiger partial charge in [0, 0.05) is 25.7 Å². The minimum absolute atomic E-state index is 0.360. The van der Waals surface area contributed by atoms with Crippen molar-refractivity contribution in [3.63, 3.8) is 0 Å². The molecule has 0 unspecified atom stereocenters. The normalized spacial score (nSPS) is 20.9. The van der Waals surface area contributed by atoms with Gasteiger partial charge in [0.15, 0.2) is 0 Å². The van der Waals surface area contributed by atoms with Crippen LogP contribution in [-0.2, 0) is 6.54 Å². The Balaban J connectivity index is 1.75. The Kier molecular flexibility index (Phi) is 3.43. The highest BCUT2D eigenvalue weighted by Gasteiger charge is 2.30. The van der Waals surface area contributed by atoms with Crippen LogP contribution in [0.3, 0.4) is 0 Å². The van der Waals surface area contributed by atoms with E-state index in [0.717, 1.165) is 30.9 Å². The van der Waals surface area contributed by atoms with Crippen molar-refractivity contribution >= 4 is 5.69 Å². The molecule has 0 radical (unpaired) electrons. The lowest BCUT2D eigenvalue weighted by Crippen LogP contribution is -2.23. The Morgan fingerprint density at radius 3 is 2.80 bits per heavy atom. The van der Waals surface area contributed by atoms with Gasteiger partial charge in [-0.2, -0.15) is 5.26 Å². The van der Waals surface area contributed by atoms with Crippen molar-refractivity contribution in [2.24, 2.45) is 5.41 Å². The van der Waals surface area contributed by atoms with Crippen molar-refractivity contribution in [1.82, 2.24) is 5.32 Å². The number of nitrogens with one attached hydrogen (secondary N) is 1. The molecule has 3 nitrogen and oxygen atoms in total. The van der Waals surface area contributed by atoms with Crippen LogP contribution < -0.4 is 10.2 Å². The molecule has 1 heterocycles. The average Bonchev–Trinajstić information content (AvgIpc) is 3.19. The lowest BCUT2D eigenvalue weighted by Gasteiger charge is -2.23. The molecule has 1 aliphatic carbocycles. The molecule has 1 aliphatic heterocycles. The summed E-state index contributed by atoms with van der Waals surface area (Å²) in [6.45, 7) is 7.58. The van der Waals surface area contributed by atoms with Crippen LogP contribution in [0, 0.1) is 16.7 Å². The van der Waals surface area contributed by atoms with Crippen LogP contribution in [-0.4, -0.2) is 19.1 Å². The molecule has 20 heavy (non-hydrogen) atoms. The van der Waals surface area contributed by atoms with Crippen molar-refractivity contribution in [3.8, 4) is 6.07 Å². The zero-order valence-corrected chi connectivity index (χ0v) is 12.4. The van der Waals surface area contributed by atoms with Crippen molar-refractivity contribution in [1.29, 1.82) is 5.26 Å². The number of rotatable bonds is 4. The van der Waals surface area contributed by atoms with E-state index in [4.69, 9.17) is 0 Å². The highest BCUT2D eigenvalue weighted by Crippen LogP contribution is 2.34. The summed E-state index contributed by atoms with van der Waals surface area (Å²) in [6.07, 6.45) is 3.79. The Bertz CT molecular complexity index is 538. The summed E-state index contributed by atoms with van der Waals surface area (Å²) in [5.41, 5.74) is 3.50. The first-order valence-electron chi connectivity index (χ1n) is 7.59. The smallest absolute Gasteiger partial charge is 0.101 e. The molecule has 1 N–H and O–H groups in total. The lowest BCUT2D eigenvalue weighted by molar-refractivity contribution is 0.418. The maximum atomic E-state index is 9.43. The topological polar surface area (TPSA) is 39.1 Å². The molecule has 0 bridgehead atoms. The molecule has 0 amide bonds. The molecule has 1 saturated carbocycles. The molecule has 0 aromatic heterocycles. The molecule has 2 aliphatic rings. The number of benzene rings is 1. The fourth-order valence-corrected chi connectivity index (χ4v) is 2.93. The van der Waals surface area contributed by atoms with Crippen molar-refractivity contribution in [2.75, 3.05) is 18.0 Å². The molecule has 0 atom stereocenters. The van der Waals surface area contributed by atoms with Crippen molar-refractivity contribution in [2.45, 2.75) is 45.7 Å². The molecule has 3 rings (SSSR count). The maximum absolute atomic E-state index is 9.43. The third kappa shape index (κ3) is 2.96. The van der Waals surface area contributed by atoms with E-state index in [1.807, 2.05) is 0 Å². The van der Waals surface area contributed by atoms with E-state index in [0.29, 0.717) is 11.5 Å². The SMILES string of the molecule is CC1(C)CCN(c2ccc(CNC3CC3)cc2C#N)C1. The first kappa shape index (κ1) is 13.5. The van der Waals surface area contributed by atoms with Crippen molar-refractivity contribution < 1.29 is 0 Å². The van der Waals surface area contributed by atoms with Gasteiger partial charge in [0.05, 0.1) is 11.3 Å². The minimum atomic E-state index is 0.360. The van der Waals surface area contributed by atoms with Crippen LogP contribution in [0.2, 0.25) is 0 Å². The van der Waals surface area contributed by atoms with Gasteiger partial charge in [-0.25, -0.2) is 0 Å². The summed E-state index contributed by atoms with van der Waals surface area (Å²) in [5, 5.41) is 12.9. The largest absolute Gasteiger partial charge is 0.370 e. The zero-order chi connectivity index (χ0) is 14.2. The van der Waals surface area contributed by atoms with Gasteiger partial charge in [0.25, 0.3) is 0 Å². The van der Waals surface area contributed by atoms with E-state index in [2.05, 4.69) is 48.3 Å². The number of nitriles is 1. The number of anilines is 1. The summed E-state index contributed by atoms with van der Waals surface area (Å²) >= 11 is 0. The monoisotopic (exact) mass is 269 g/mol. The number of hydrogen-bond acceptors (Lipinski definition) is 3. The van der Waals surface area contributed by atoms with Gasteiger partial charge in [-0.1, -0.05) is 19.9 Å². The third-order valence-corrected chi connectivity index (χ3v) is 4.37. The van der Waals surface area contributed by atoms with Crippen molar-refractivity contribution in [3.05, 3.63) is 29.3 Å². The van der Waals surface area contributed by atoms with Gasteiger partial charge in [-0.3, -0.25) is 0 Å². The fraction of sp³-hybridized carbons (Fsp3) is 0.588. The second-order valence-electron chi connectivity index (χ2n) is 6.95. The average molecular weight is 269 g/mol. The van der Waals surface area contributed by atoms with Crippen LogP contribution >= 0.6 is 0 Å². The summed E-state index contributed by atoms with van der Waals surface area (Å²) in [4.78, 5) is 2.36. The Morgan fingerprint density at radius 2 is 2.20 bits per heavy atom. The van der Waals surface area contributed by atoms with Gasteiger partial charge >= 0.3 is 0 Å². The van der Waals surface area contributed by atoms with Gasteiger partial charge in [0.2, 0.25) is 0 Å². The molecular weight excluding hydrogens is 246 g/mol. The van der Waals surface area contributed by atoms with Gasteiger partial charge in [0.1, 0.15) is 6.07 Å². The van der Waals surface area contributed by atoms with E-state index in [1.54, 1.807) is 0 Å². The second kappa shape index (κ2) is 5.10. The number of hydrogen-bond donors (Lipinski definition) is 1. The molecule has 106 valence electrons. The highest BCUT2D eigenvalue weighted by atomic mass is 15.2. The van der Waals surface area contributed by atoms with Gasteiger partial charge in [-0.15, -0.1) is 0 Å². The Hall–Kier alpha value is -1.53. The summed E-state index contributed by atoms with van der Waals surface area (Å²) in [7, 11) is 0. The molecule has 0 spiro atoms. The molecule has 1 aromatic rings. The molecule has 1 saturated heterocycles. The van der Waals surface area contributed by atoms with Gasteiger partial charge in [-0.05, 0) is 42.4 Å². The first-order chi connectivity index (χ1) is 9.57. The van der Waals surface area contributed by atoms with Crippen LogP contribution in [0.4, 0.5) is 5.69 Å². The molecule has 2 fully saturated rings. The first-order valence-corrected chi connectivity index (χ1v) is 7.59. The zero-order valence-electron chi connectivity index (χ0n) is 12.4. The van der Waals surface area contributed by atoms with E-state index in [9.17, 15) is 5.26 Å². The summed E-state index contributed by atoms with van der Waals surface area (Å²) in [6, 6.07) is 9.43. The molecule has 1 aromatic carbocycles. The Morgan fingerprint density at radius 1 is 1.40 bits per heavy atom. The summed E-state index contributed by atoms with van der Waals surface area (Å²) in [5.74, 6) is 0. The van der Waals surface area contributed by atoms with E-state index >= 15 is 0 Å². The van der Waals surface area contributed by atoms with E-state index in [-0.39, 0.29) is 0 Å². The Labute approximate surface area is 121 Å². The molecular formula is C17H23N3. The van der Waals surface area contributed by atoms with Crippen LogP contribution in [0.25, 0.3) is 0 Å². The quantitative estimate of drug-likeness (QED) is 0.913. The van der Waals surface area contributed by atoms with Crippen LogP contribution in [0.15, 0.2) is 18.2 Å². The second-order valence-corrected chi connectivity index (χ2v) is 6.95. The number of nitrogens with zero attached hydrogens (tertiary/aromatic N) is 2. The van der Waals surface area contributed by atoms with E-state index in [1.165, 1.54) is 24.8 Å². The van der Waals surface area contributed by atoms with Crippen LogP contribution in [0.5, 0.6) is 0 Å². The fourth-order valence-electron chi connectivity index (χ4n) is 2.93. The predicted octanol–water partition coefficient (Wildman–Crippen LogP) is 3.05. The van der Waals surface area contributed by atoms with Gasteiger partial charge < -0.3 is 10.2 Å². The summed E-state index contributed by atoms with van der Waals surface area (Å²) < 4.78 is 0.